The van der Waals surface area contributed by atoms with Crippen LogP contribution >= 0.6 is 27.3 Å². The maximum atomic E-state index is 3.60. The van der Waals surface area contributed by atoms with Gasteiger partial charge in [-0.15, -0.1) is 11.3 Å². The van der Waals surface area contributed by atoms with E-state index in [2.05, 4.69) is 69.9 Å². The summed E-state index contributed by atoms with van der Waals surface area (Å²) >= 11 is 5.34. The van der Waals surface area contributed by atoms with Gasteiger partial charge in [0.1, 0.15) is 0 Å². The van der Waals surface area contributed by atoms with Gasteiger partial charge in [0.05, 0.1) is 6.04 Å². The molecule has 1 heterocycles. The van der Waals surface area contributed by atoms with Crippen LogP contribution < -0.4 is 5.32 Å². The highest BCUT2D eigenvalue weighted by molar-refractivity contribution is 9.10. The maximum Gasteiger partial charge on any atom is 0.0671 e. The summed E-state index contributed by atoms with van der Waals surface area (Å²) in [5.41, 5.74) is 1.32. The van der Waals surface area contributed by atoms with E-state index in [1.165, 1.54) is 10.4 Å². The van der Waals surface area contributed by atoms with Crippen LogP contribution in [-0.2, 0) is 0 Å². The molecule has 1 atom stereocenters. The lowest BCUT2D eigenvalue weighted by molar-refractivity contribution is 0.605. The molecule has 1 nitrogen and oxygen atoms in total. The van der Waals surface area contributed by atoms with Crippen molar-refractivity contribution >= 4 is 27.3 Å². The van der Waals surface area contributed by atoms with Crippen molar-refractivity contribution in [2.24, 2.45) is 0 Å². The Morgan fingerprint density at radius 1 is 1.29 bits per heavy atom. The van der Waals surface area contributed by atoms with Crippen LogP contribution in [0.2, 0.25) is 0 Å². The Hall–Kier alpha value is -0.640. The van der Waals surface area contributed by atoms with Crippen LogP contribution in [0, 0.1) is 0 Å². The lowest BCUT2D eigenvalue weighted by Gasteiger charge is -2.17. The molecule has 90 valence electrons. The van der Waals surface area contributed by atoms with Crippen LogP contribution in [0.25, 0.3) is 0 Å². The number of hydrogen-bond donors (Lipinski definition) is 1. The Kier molecular flexibility index (Phi) is 4.77. The molecule has 0 spiro atoms. The molecule has 0 aliphatic heterocycles. The van der Waals surface area contributed by atoms with E-state index in [0.29, 0.717) is 6.04 Å². The molecule has 1 unspecified atom stereocenters. The monoisotopic (exact) mass is 309 g/mol. The fraction of sp³-hybridized carbons (Fsp3) is 0.286. The van der Waals surface area contributed by atoms with Crippen molar-refractivity contribution in [3.63, 3.8) is 0 Å². The summed E-state index contributed by atoms with van der Waals surface area (Å²) in [5.74, 6) is 0. The Morgan fingerprint density at radius 3 is 2.82 bits per heavy atom. The highest BCUT2D eigenvalue weighted by Gasteiger charge is 2.14. The van der Waals surface area contributed by atoms with Gasteiger partial charge in [0, 0.05) is 9.35 Å². The lowest BCUT2D eigenvalue weighted by atomic mass is 10.1. The molecule has 0 bridgehead atoms. The molecule has 0 fully saturated rings. The van der Waals surface area contributed by atoms with E-state index >= 15 is 0 Å². The average molecular weight is 310 g/mol. The summed E-state index contributed by atoms with van der Waals surface area (Å²) in [7, 11) is 0. The number of benzene rings is 1. The second-order valence-corrected chi connectivity index (χ2v) is 5.85. The van der Waals surface area contributed by atoms with Crippen molar-refractivity contribution in [2.45, 2.75) is 19.4 Å². The van der Waals surface area contributed by atoms with Gasteiger partial charge in [-0.1, -0.05) is 41.1 Å². The third-order valence-corrected chi connectivity index (χ3v) is 4.04. The van der Waals surface area contributed by atoms with Crippen LogP contribution in [0.3, 0.4) is 0 Å². The van der Waals surface area contributed by atoms with E-state index in [9.17, 15) is 0 Å². The molecule has 3 heteroatoms. The van der Waals surface area contributed by atoms with Gasteiger partial charge in [0.2, 0.25) is 0 Å². The molecule has 0 saturated heterocycles. The first-order valence-electron chi connectivity index (χ1n) is 5.83. The van der Waals surface area contributed by atoms with Gasteiger partial charge in [-0.05, 0) is 42.1 Å². The van der Waals surface area contributed by atoms with Crippen molar-refractivity contribution in [2.75, 3.05) is 6.54 Å². The van der Waals surface area contributed by atoms with Gasteiger partial charge >= 0.3 is 0 Å². The first-order chi connectivity index (χ1) is 8.31. The van der Waals surface area contributed by atoms with Crippen molar-refractivity contribution in [1.29, 1.82) is 0 Å². The zero-order valence-corrected chi connectivity index (χ0v) is 12.2. The number of hydrogen-bond acceptors (Lipinski definition) is 2. The molecule has 2 rings (SSSR count). The topological polar surface area (TPSA) is 12.0 Å². The maximum absolute atomic E-state index is 3.60. The third-order valence-electron chi connectivity index (χ3n) is 2.61. The lowest BCUT2D eigenvalue weighted by Crippen LogP contribution is -2.22. The van der Waals surface area contributed by atoms with E-state index < -0.39 is 0 Å². The van der Waals surface area contributed by atoms with E-state index in [1.54, 1.807) is 11.3 Å². The van der Waals surface area contributed by atoms with Crippen LogP contribution in [-0.4, -0.2) is 6.54 Å². The fourth-order valence-corrected chi connectivity index (χ4v) is 3.06. The normalized spacial score (nSPS) is 12.6. The highest BCUT2D eigenvalue weighted by atomic mass is 79.9. The van der Waals surface area contributed by atoms with Gasteiger partial charge in [-0.25, -0.2) is 0 Å². The van der Waals surface area contributed by atoms with E-state index in [0.717, 1.165) is 17.4 Å². The molecule has 0 aliphatic carbocycles. The average Bonchev–Trinajstić information content (AvgIpc) is 2.83. The van der Waals surface area contributed by atoms with Gasteiger partial charge < -0.3 is 5.32 Å². The summed E-state index contributed by atoms with van der Waals surface area (Å²) in [4.78, 5) is 1.37. The Bertz CT molecular complexity index is 453. The van der Waals surface area contributed by atoms with E-state index in [1.807, 2.05) is 0 Å². The van der Waals surface area contributed by atoms with Crippen molar-refractivity contribution in [3.05, 3.63) is 56.7 Å². The van der Waals surface area contributed by atoms with Gasteiger partial charge in [-0.3, -0.25) is 0 Å². The van der Waals surface area contributed by atoms with Crippen LogP contribution in [0.4, 0.5) is 0 Å². The fourth-order valence-electron chi connectivity index (χ4n) is 1.81. The molecule has 1 aromatic heterocycles. The largest absolute Gasteiger partial charge is 0.306 e. The zero-order chi connectivity index (χ0) is 12.1. The molecule has 1 N–H and O–H groups in total. The van der Waals surface area contributed by atoms with Crippen molar-refractivity contribution < 1.29 is 0 Å². The SMILES string of the molecule is CCCNC(c1cccc(Br)c1)c1cccs1. The molecule has 1 aromatic carbocycles. The summed E-state index contributed by atoms with van der Waals surface area (Å²) in [6, 6.07) is 13.1. The molecule has 0 amide bonds. The quantitative estimate of drug-likeness (QED) is 0.851. The first-order valence-corrected chi connectivity index (χ1v) is 7.50. The molecule has 0 radical (unpaired) electrons. The minimum Gasteiger partial charge on any atom is -0.306 e. The van der Waals surface area contributed by atoms with Crippen LogP contribution in [0.5, 0.6) is 0 Å². The molecule has 2 aromatic rings. The highest BCUT2D eigenvalue weighted by Crippen LogP contribution is 2.27. The summed E-state index contributed by atoms with van der Waals surface area (Å²) in [6.07, 6.45) is 1.15. The Morgan fingerprint density at radius 2 is 2.18 bits per heavy atom. The zero-order valence-electron chi connectivity index (χ0n) is 9.82. The molecular formula is C14H16BrNS. The van der Waals surface area contributed by atoms with Gasteiger partial charge in [-0.2, -0.15) is 0 Å². The molecular weight excluding hydrogens is 294 g/mol. The number of nitrogens with one attached hydrogen (secondary N) is 1. The van der Waals surface area contributed by atoms with Crippen LogP contribution in [0.1, 0.15) is 29.8 Å². The van der Waals surface area contributed by atoms with Gasteiger partial charge in [0.25, 0.3) is 0 Å². The number of halogens is 1. The van der Waals surface area contributed by atoms with Crippen LogP contribution in [0.15, 0.2) is 46.3 Å². The predicted molar refractivity (Wildman–Crippen MR) is 78.6 cm³/mol. The minimum atomic E-state index is 0.312. The standard InChI is InChI=1S/C14H16BrNS/c1-2-8-16-14(13-7-4-9-17-13)11-5-3-6-12(15)10-11/h3-7,9-10,14,16H,2,8H2,1H3. The summed E-state index contributed by atoms with van der Waals surface area (Å²) < 4.78 is 1.13. The Balaban J connectivity index is 2.27. The second kappa shape index (κ2) is 6.34. The number of rotatable bonds is 5. The smallest absolute Gasteiger partial charge is 0.0671 e. The third kappa shape index (κ3) is 3.41. The molecule has 0 saturated carbocycles. The predicted octanol–water partition coefficient (Wildman–Crippen LogP) is 4.60. The Labute approximate surface area is 115 Å². The number of thiophene rings is 1. The molecule has 0 aliphatic rings. The summed E-state index contributed by atoms with van der Waals surface area (Å²) in [6.45, 7) is 3.23. The van der Waals surface area contributed by atoms with Gasteiger partial charge in [0.15, 0.2) is 0 Å². The molecule has 17 heavy (non-hydrogen) atoms. The van der Waals surface area contributed by atoms with E-state index in [-0.39, 0.29) is 0 Å². The minimum absolute atomic E-state index is 0.312. The van der Waals surface area contributed by atoms with Crippen molar-refractivity contribution in [1.82, 2.24) is 5.32 Å². The van der Waals surface area contributed by atoms with E-state index in [4.69, 9.17) is 0 Å². The first kappa shape index (κ1) is 12.8. The second-order valence-electron chi connectivity index (χ2n) is 3.96. The van der Waals surface area contributed by atoms with Crippen molar-refractivity contribution in [3.8, 4) is 0 Å². The summed E-state index contributed by atoms with van der Waals surface area (Å²) in [5, 5.41) is 5.74.